The second kappa shape index (κ2) is 10.1. The van der Waals surface area contributed by atoms with E-state index < -0.39 is 0 Å². The first-order valence-corrected chi connectivity index (χ1v) is 10.7. The van der Waals surface area contributed by atoms with Gasteiger partial charge in [-0.25, -0.2) is 0 Å². The number of carbonyl (C=O) groups excluding carboxylic acids is 1. The van der Waals surface area contributed by atoms with Crippen LogP contribution in [0.1, 0.15) is 52.4 Å². The second-order valence-corrected chi connectivity index (χ2v) is 8.75. The molecule has 2 fully saturated rings. The molecule has 1 saturated heterocycles. The third kappa shape index (κ3) is 6.49. The number of likely N-dealkylation sites (tertiary alicyclic amines) is 1. The van der Waals surface area contributed by atoms with Crippen molar-refractivity contribution in [1.29, 1.82) is 0 Å². The molecular weight excluding hydrogens is 338 g/mol. The Hall–Kier alpha value is -1.62. The number of ether oxygens (including phenoxy) is 1. The van der Waals surface area contributed by atoms with Crippen molar-refractivity contribution in [3.05, 3.63) is 24.5 Å². The maximum Gasteiger partial charge on any atom is 0.224 e. The van der Waals surface area contributed by atoms with Gasteiger partial charge in [0.2, 0.25) is 5.91 Å². The number of aromatic nitrogens is 1. The van der Waals surface area contributed by atoms with Gasteiger partial charge in [-0.15, -0.1) is 0 Å². The fourth-order valence-electron chi connectivity index (χ4n) is 4.49. The molecule has 1 aliphatic heterocycles. The zero-order chi connectivity index (χ0) is 19.1. The Morgan fingerprint density at radius 2 is 2.11 bits per heavy atom. The van der Waals surface area contributed by atoms with Crippen molar-refractivity contribution in [2.24, 2.45) is 17.8 Å². The number of hydrogen-bond donors (Lipinski definition) is 1. The summed E-state index contributed by atoms with van der Waals surface area (Å²) in [6.45, 7) is 8.05. The van der Waals surface area contributed by atoms with E-state index in [9.17, 15) is 4.79 Å². The summed E-state index contributed by atoms with van der Waals surface area (Å²) in [5.41, 5.74) is 0. The van der Waals surface area contributed by atoms with Gasteiger partial charge in [-0.05, 0) is 37.3 Å². The fraction of sp³-hybridized carbons (Fsp3) is 0.727. The minimum atomic E-state index is 0.0712. The predicted octanol–water partition coefficient (Wildman–Crippen LogP) is 3.50. The summed E-state index contributed by atoms with van der Waals surface area (Å²) in [5, 5.41) is 3.34. The lowest BCUT2D eigenvalue weighted by atomic mass is 9.87. The average Bonchev–Trinajstić information content (AvgIpc) is 2.67. The number of pyridine rings is 1. The van der Waals surface area contributed by atoms with Crippen molar-refractivity contribution in [2.45, 2.75) is 58.4 Å². The molecule has 1 saturated carbocycles. The highest BCUT2D eigenvalue weighted by Crippen LogP contribution is 2.25. The van der Waals surface area contributed by atoms with Gasteiger partial charge < -0.3 is 15.0 Å². The van der Waals surface area contributed by atoms with Crippen molar-refractivity contribution in [3.63, 3.8) is 0 Å². The molecule has 2 aliphatic rings. The molecule has 0 bridgehead atoms. The number of piperidine rings is 1. The van der Waals surface area contributed by atoms with Crippen LogP contribution in [-0.2, 0) is 4.79 Å². The summed E-state index contributed by atoms with van der Waals surface area (Å²) < 4.78 is 5.96. The molecule has 2 heterocycles. The van der Waals surface area contributed by atoms with Crippen LogP contribution in [0.5, 0.6) is 5.75 Å². The van der Waals surface area contributed by atoms with Crippen molar-refractivity contribution >= 4 is 5.91 Å². The van der Waals surface area contributed by atoms with Gasteiger partial charge in [-0.2, -0.15) is 0 Å². The van der Waals surface area contributed by atoms with Gasteiger partial charge in [0.25, 0.3) is 0 Å². The highest BCUT2D eigenvalue weighted by Gasteiger charge is 2.33. The summed E-state index contributed by atoms with van der Waals surface area (Å²) in [4.78, 5) is 19.5. The zero-order valence-electron chi connectivity index (χ0n) is 16.9. The number of hydrogen-bond acceptors (Lipinski definition) is 4. The highest BCUT2D eigenvalue weighted by molar-refractivity contribution is 5.79. The van der Waals surface area contributed by atoms with E-state index in [1.54, 1.807) is 12.4 Å². The van der Waals surface area contributed by atoms with E-state index in [0.717, 1.165) is 44.6 Å². The van der Waals surface area contributed by atoms with E-state index in [2.05, 4.69) is 29.0 Å². The van der Waals surface area contributed by atoms with Crippen molar-refractivity contribution in [1.82, 2.24) is 15.2 Å². The Bertz CT molecular complexity index is 572. The fourth-order valence-corrected chi connectivity index (χ4v) is 4.49. The summed E-state index contributed by atoms with van der Waals surface area (Å²) in [7, 11) is 0. The van der Waals surface area contributed by atoms with Crippen LogP contribution >= 0.6 is 0 Å². The van der Waals surface area contributed by atoms with Gasteiger partial charge >= 0.3 is 0 Å². The van der Waals surface area contributed by atoms with Crippen LogP contribution in [0.25, 0.3) is 0 Å². The number of carbonyl (C=O) groups is 1. The maximum absolute atomic E-state index is 12.9. The van der Waals surface area contributed by atoms with Crippen LogP contribution in [-0.4, -0.2) is 48.1 Å². The molecule has 1 N–H and O–H groups in total. The van der Waals surface area contributed by atoms with Gasteiger partial charge in [0.05, 0.1) is 18.7 Å². The first-order chi connectivity index (χ1) is 13.1. The quantitative estimate of drug-likeness (QED) is 0.795. The van der Waals surface area contributed by atoms with Gasteiger partial charge in [-0.3, -0.25) is 9.78 Å². The molecule has 150 valence electrons. The largest absolute Gasteiger partial charge is 0.492 e. The lowest BCUT2D eigenvalue weighted by molar-refractivity contribution is -0.128. The Labute approximate surface area is 163 Å². The number of nitrogens with one attached hydrogen (secondary N) is 1. The van der Waals surface area contributed by atoms with E-state index in [1.165, 1.54) is 19.3 Å². The topological polar surface area (TPSA) is 54.5 Å². The average molecular weight is 374 g/mol. The monoisotopic (exact) mass is 373 g/mol. The Morgan fingerprint density at radius 3 is 2.81 bits per heavy atom. The van der Waals surface area contributed by atoms with Crippen molar-refractivity contribution in [2.75, 3.05) is 26.2 Å². The molecule has 0 radical (unpaired) electrons. The maximum atomic E-state index is 12.9. The van der Waals surface area contributed by atoms with E-state index in [-0.39, 0.29) is 11.8 Å². The second-order valence-electron chi connectivity index (χ2n) is 8.75. The van der Waals surface area contributed by atoms with Crippen LogP contribution in [0.3, 0.4) is 0 Å². The molecule has 1 aromatic heterocycles. The minimum Gasteiger partial charge on any atom is -0.492 e. The normalized spacial score (nSPS) is 24.7. The van der Waals surface area contributed by atoms with Crippen LogP contribution < -0.4 is 10.1 Å². The molecule has 0 unspecified atom stereocenters. The lowest BCUT2D eigenvalue weighted by Crippen LogP contribution is -2.50. The van der Waals surface area contributed by atoms with E-state index in [1.807, 2.05) is 12.1 Å². The molecular formula is C22H35N3O2. The van der Waals surface area contributed by atoms with Crippen LogP contribution in [0, 0.1) is 17.8 Å². The van der Waals surface area contributed by atoms with Crippen molar-refractivity contribution < 1.29 is 9.53 Å². The van der Waals surface area contributed by atoms with Crippen LogP contribution in [0.15, 0.2) is 24.5 Å². The number of nitrogens with zero attached hydrogens (tertiary/aromatic N) is 2. The SMILES string of the molecule is CC(C)CN1C[C@@H](COc2cccnc2)C[C@@H](C(=O)NC2CCCCC2)C1. The van der Waals surface area contributed by atoms with Gasteiger partial charge in [-0.1, -0.05) is 33.1 Å². The summed E-state index contributed by atoms with van der Waals surface area (Å²) in [6, 6.07) is 4.22. The minimum absolute atomic E-state index is 0.0712. The van der Waals surface area contributed by atoms with Gasteiger partial charge in [0.15, 0.2) is 0 Å². The third-order valence-electron chi connectivity index (χ3n) is 5.68. The van der Waals surface area contributed by atoms with E-state index in [0.29, 0.717) is 24.5 Å². The summed E-state index contributed by atoms with van der Waals surface area (Å²) in [6.07, 6.45) is 10.5. The summed E-state index contributed by atoms with van der Waals surface area (Å²) >= 11 is 0. The van der Waals surface area contributed by atoms with Gasteiger partial charge in [0, 0.05) is 37.8 Å². The van der Waals surface area contributed by atoms with E-state index >= 15 is 0 Å². The first kappa shape index (κ1) is 20.1. The van der Waals surface area contributed by atoms with Crippen LogP contribution in [0.2, 0.25) is 0 Å². The first-order valence-electron chi connectivity index (χ1n) is 10.7. The lowest BCUT2D eigenvalue weighted by Gasteiger charge is -2.38. The smallest absolute Gasteiger partial charge is 0.224 e. The Morgan fingerprint density at radius 1 is 1.30 bits per heavy atom. The Balaban J connectivity index is 1.57. The van der Waals surface area contributed by atoms with Gasteiger partial charge in [0.1, 0.15) is 5.75 Å². The molecule has 1 aromatic rings. The van der Waals surface area contributed by atoms with E-state index in [4.69, 9.17) is 4.74 Å². The molecule has 0 aromatic carbocycles. The molecule has 2 atom stereocenters. The van der Waals surface area contributed by atoms with Crippen molar-refractivity contribution in [3.8, 4) is 5.75 Å². The number of amides is 1. The molecule has 27 heavy (non-hydrogen) atoms. The van der Waals surface area contributed by atoms with Crippen LogP contribution in [0.4, 0.5) is 0 Å². The standard InChI is InChI=1S/C22H35N3O2/c1-17(2)13-25-14-18(16-27-21-9-6-10-23-12-21)11-19(15-25)22(26)24-20-7-4-3-5-8-20/h6,9-10,12,17-20H,3-5,7-8,11,13-16H2,1-2H3,(H,24,26)/t18-,19+/m0/s1. The predicted molar refractivity (Wildman–Crippen MR) is 108 cm³/mol. The molecule has 1 aliphatic carbocycles. The highest BCUT2D eigenvalue weighted by atomic mass is 16.5. The molecule has 1 amide bonds. The Kier molecular flexibility index (Phi) is 7.50. The number of rotatable bonds is 7. The third-order valence-corrected chi connectivity index (χ3v) is 5.68. The molecule has 5 heteroatoms. The summed E-state index contributed by atoms with van der Waals surface area (Å²) in [5.74, 6) is 2.11. The molecule has 3 rings (SSSR count). The molecule has 5 nitrogen and oxygen atoms in total. The zero-order valence-corrected chi connectivity index (χ0v) is 16.9. The molecule has 0 spiro atoms.